The molecule has 0 saturated carbocycles. The molecule has 0 bridgehead atoms. The van der Waals surface area contributed by atoms with Crippen LogP contribution in [0.5, 0.6) is 0 Å². The Morgan fingerprint density at radius 3 is 2.64 bits per heavy atom. The number of fused-ring (bicyclic) bond motifs is 1. The summed E-state index contributed by atoms with van der Waals surface area (Å²) >= 11 is 5.87. The van der Waals surface area contributed by atoms with Gasteiger partial charge in [-0.3, -0.25) is 0 Å². The summed E-state index contributed by atoms with van der Waals surface area (Å²) in [7, 11) is -2.83. The fourth-order valence-electron chi connectivity index (χ4n) is 2.00. The number of nitroso groups, excluding NO2 is 1. The van der Waals surface area contributed by atoms with E-state index in [1.54, 1.807) is 6.07 Å². The first-order valence-corrected chi connectivity index (χ1v) is 7.84. The number of nitrogens with zero attached hydrogens (tertiary/aromatic N) is 5. The molecule has 3 rings (SSSR count). The Balaban J connectivity index is 2.31. The van der Waals surface area contributed by atoms with Crippen molar-refractivity contribution in [2.75, 3.05) is 7.05 Å². The molecule has 0 aliphatic heterocycles. The van der Waals surface area contributed by atoms with Gasteiger partial charge in [0.25, 0.3) is 15.7 Å². The van der Waals surface area contributed by atoms with E-state index in [9.17, 15) is 13.3 Å². The average molecular weight is 339 g/mol. The van der Waals surface area contributed by atoms with E-state index in [1.165, 1.54) is 25.2 Å². The third-order valence-electron chi connectivity index (χ3n) is 3.00. The van der Waals surface area contributed by atoms with Crippen LogP contribution in [-0.2, 0) is 10.0 Å². The number of hydrogen-bond acceptors (Lipinski definition) is 6. The Morgan fingerprint density at radius 1 is 1.18 bits per heavy atom. The van der Waals surface area contributed by atoms with Crippen molar-refractivity contribution in [2.45, 2.75) is 4.90 Å². The minimum atomic E-state index is -4.05. The molecule has 0 saturated heterocycles. The maximum atomic E-state index is 12.8. The number of hydrogen-bond donors (Lipinski definition) is 0. The maximum Gasteiger partial charge on any atom is 0.277 e. The predicted molar refractivity (Wildman–Crippen MR) is 78.6 cm³/mol. The first kappa shape index (κ1) is 14.5. The molecule has 0 aliphatic carbocycles. The lowest BCUT2D eigenvalue weighted by Crippen LogP contribution is -2.14. The van der Waals surface area contributed by atoms with Gasteiger partial charge in [-0.2, -0.15) is 0 Å². The van der Waals surface area contributed by atoms with Gasteiger partial charge >= 0.3 is 0 Å². The van der Waals surface area contributed by atoms with Crippen LogP contribution in [-0.4, -0.2) is 39.1 Å². The lowest BCUT2D eigenvalue weighted by Gasteiger charge is -2.06. The molecule has 8 nitrogen and oxygen atoms in total. The Hall–Kier alpha value is -2.39. The molecule has 0 N–H and O–H groups in total. The molecule has 112 valence electrons. The molecule has 0 aliphatic rings. The van der Waals surface area contributed by atoms with Gasteiger partial charge in [0.2, 0.25) is 0 Å². The standard InChI is InChI=1S/C12H9ClN5O3S/c1-17(19)8-4-2-3-5-9(8)22(20,21)18-7-16-10-11(13)14-6-15-12(10)18/h2-7H,1H3/q+1. The Labute approximate surface area is 130 Å². The van der Waals surface area contributed by atoms with Gasteiger partial charge in [-0.05, 0) is 6.07 Å². The van der Waals surface area contributed by atoms with Crippen LogP contribution in [0.15, 0.2) is 41.8 Å². The Morgan fingerprint density at radius 2 is 1.91 bits per heavy atom. The van der Waals surface area contributed by atoms with Gasteiger partial charge in [0.1, 0.15) is 18.2 Å². The lowest BCUT2D eigenvalue weighted by molar-refractivity contribution is -0.431. The molecule has 3 aromatic rings. The zero-order valence-corrected chi connectivity index (χ0v) is 12.8. The van der Waals surface area contributed by atoms with Gasteiger partial charge in [0.05, 0.1) is 0 Å². The van der Waals surface area contributed by atoms with E-state index in [2.05, 4.69) is 15.0 Å². The summed E-state index contributed by atoms with van der Waals surface area (Å²) < 4.78 is 27.0. The van der Waals surface area contributed by atoms with Gasteiger partial charge in [-0.1, -0.05) is 23.7 Å². The van der Waals surface area contributed by atoms with Crippen LogP contribution >= 0.6 is 11.6 Å². The Bertz CT molecular complexity index is 999. The van der Waals surface area contributed by atoms with Gasteiger partial charge in [0, 0.05) is 15.7 Å². The molecule has 0 fully saturated rings. The molecule has 0 amide bonds. The van der Waals surface area contributed by atoms with Crippen molar-refractivity contribution < 1.29 is 13.2 Å². The van der Waals surface area contributed by atoms with Crippen LogP contribution in [0, 0.1) is 4.91 Å². The minimum absolute atomic E-state index is 0.0181. The van der Waals surface area contributed by atoms with Crippen molar-refractivity contribution >= 4 is 38.5 Å². The van der Waals surface area contributed by atoms with Gasteiger partial charge in [0.15, 0.2) is 22.7 Å². The van der Waals surface area contributed by atoms with E-state index in [0.717, 1.165) is 16.6 Å². The third-order valence-corrected chi connectivity index (χ3v) is 4.96. The largest absolute Gasteiger partial charge is 0.277 e. The predicted octanol–water partition coefficient (Wildman–Crippen LogP) is 1.76. The van der Waals surface area contributed by atoms with Crippen molar-refractivity contribution in [2.24, 2.45) is 0 Å². The van der Waals surface area contributed by atoms with Gasteiger partial charge < -0.3 is 0 Å². The minimum Gasteiger partial charge on any atom is -0.231 e. The second-order valence-corrected chi connectivity index (χ2v) is 6.49. The molecule has 1 aromatic carbocycles. The highest BCUT2D eigenvalue weighted by atomic mass is 35.5. The molecule has 0 unspecified atom stereocenters. The quantitative estimate of drug-likeness (QED) is 0.533. The van der Waals surface area contributed by atoms with Crippen LogP contribution < -0.4 is 0 Å². The van der Waals surface area contributed by atoms with Crippen LogP contribution in [0.1, 0.15) is 0 Å². The van der Waals surface area contributed by atoms with Crippen molar-refractivity contribution in [3.05, 3.63) is 47.0 Å². The van der Waals surface area contributed by atoms with E-state index in [4.69, 9.17) is 11.6 Å². The zero-order chi connectivity index (χ0) is 15.9. The number of rotatable bonds is 3. The van der Waals surface area contributed by atoms with Crippen LogP contribution in [0.2, 0.25) is 5.15 Å². The molecule has 0 spiro atoms. The van der Waals surface area contributed by atoms with Crippen molar-refractivity contribution in [3.63, 3.8) is 0 Å². The van der Waals surface area contributed by atoms with Gasteiger partial charge in [-0.25, -0.2) is 27.3 Å². The van der Waals surface area contributed by atoms with E-state index in [1.807, 2.05) is 0 Å². The maximum absolute atomic E-state index is 12.8. The molecular formula is C12H9ClN5O3S+. The summed E-state index contributed by atoms with van der Waals surface area (Å²) in [5.74, 6) is 0. The smallest absolute Gasteiger partial charge is 0.231 e. The average Bonchev–Trinajstić information content (AvgIpc) is 2.93. The summed E-state index contributed by atoms with van der Waals surface area (Å²) in [6.45, 7) is 0. The van der Waals surface area contributed by atoms with Gasteiger partial charge in [-0.15, -0.1) is 0 Å². The number of aromatic nitrogens is 4. The molecular weight excluding hydrogens is 330 g/mol. The van der Waals surface area contributed by atoms with E-state index >= 15 is 0 Å². The lowest BCUT2D eigenvalue weighted by atomic mass is 10.3. The molecule has 0 radical (unpaired) electrons. The van der Waals surface area contributed by atoms with Crippen LogP contribution in [0.3, 0.4) is 0 Å². The summed E-state index contributed by atoms with van der Waals surface area (Å²) in [6, 6.07) is 5.86. The fraction of sp³-hybridized carbons (Fsp3) is 0.0833. The fourth-order valence-corrected chi connectivity index (χ4v) is 3.64. The topological polar surface area (TPSA) is 97.8 Å². The monoisotopic (exact) mass is 338 g/mol. The summed E-state index contributed by atoms with van der Waals surface area (Å²) in [5.41, 5.74) is 0.230. The first-order valence-electron chi connectivity index (χ1n) is 6.02. The highest BCUT2D eigenvalue weighted by Gasteiger charge is 2.29. The van der Waals surface area contributed by atoms with E-state index < -0.39 is 10.0 Å². The highest BCUT2D eigenvalue weighted by Crippen LogP contribution is 2.27. The first-order chi connectivity index (χ1) is 10.4. The number of benzene rings is 1. The summed E-state index contributed by atoms with van der Waals surface area (Å²) in [6.07, 6.45) is 2.23. The highest BCUT2D eigenvalue weighted by molar-refractivity contribution is 7.90. The zero-order valence-electron chi connectivity index (χ0n) is 11.2. The second-order valence-electron chi connectivity index (χ2n) is 4.35. The SMILES string of the molecule is C[N+](=O)c1ccccc1S(=O)(=O)n1cnc2c(Cl)ncnc21. The Kier molecular flexibility index (Phi) is 3.38. The van der Waals surface area contributed by atoms with E-state index in [0.29, 0.717) is 4.76 Å². The normalized spacial score (nSPS) is 11.7. The molecule has 22 heavy (non-hydrogen) atoms. The van der Waals surface area contributed by atoms with Crippen LogP contribution in [0.25, 0.3) is 11.2 Å². The molecule has 2 heterocycles. The number of para-hydroxylation sites is 1. The summed E-state index contributed by atoms with van der Waals surface area (Å²) in [4.78, 5) is 23.0. The molecule has 10 heteroatoms. The number of imidazole rings is 1. The second kappa shape index (κ2) is 5.11. The molecule has 2 aromatic heterocycles. The van der Waals surface area contributed by atoms with Crippen molar-refractivity contribution in [3.8, 4) is 0 Å². The van der Waals surface area contributed by atoms with Crippen molar-refractivity contribution in [1.29, 1.82) is 0 Å². The molecule has 0 atom stereocenters. The van der Waals surface area contributed by atoms with Crippen molar-refractivity contribution in [1.82, 2.24) is 18.9 Å². The summed E-state index contributed by atoms with van der Waals surface area (Å²) in [5, 5.41) is 0.0492. The third kappa shape index (κ3) is 2.14. The number of halogens is 1. The van der Waals surface area contributed by atoms with E-state index in [-0.39, 0.29) is 26.9 Å². The van der Waals surface area contributed by atoms with Crippen LogP contribution in [0.4, 0.5) is 5.69 Å².